The maximum Gasteiger partial charge on any atom is 0.259 e. The van der Waals surface area contributed by atoms with Gasteiger partial charge in [-0.1, -0.05) is 54.6 Å². The number of aromatic amines is 1. The van der Waals surface area contributed by atoms with Crippen LogP contribution in [0.1, 0.15) is 11.3 Å². The molecule has 134 valence electrons. The Hall–Kier alpha value is -3.60. The van der Waals surface area contributed by atoms with E-state index in [1.54, 1.807) is 6.21 Å². The summed E-state index contributed by atoms with van der Waals surface area (Å²) in [4.78, 5) is 15.4. The van der Waals surface area contributed by atoms with E-state index in [0.29, 0.717) is 0 Å². The van der Waals surface area contributed by atoms with Gasteiger partial charge in [-0.25, -0.2) is 5.43 Å². The normalized spacial score (nSPS) is 11.3. The van der Waals surface area contributed by atoms with E-state index in [2.05, 4.69) is 33.0 Å². The summed E-state index contributed by atoms with van der Waals surface area (Å²) in [5, 5.41) is 10.6. The molecule has 0 fully saturated rings. The molecule has 0 aliphatic carbocycles. The fraction of sp³-hybridized carbons (Fsp3) is 0.0909. The van der Waals surface area contributed by atoms with Crippen LogP contribution < -0.4 is 10.7 Å². The van der Waals surface area contributed by atoms with Crippen LogP contribution in [-0.4, -0.2) is 23.7 Å². The molecular formula is C22H20N4O. The minimum atomic E-state index is -0.198. The fourth-order valence-corrected chi connectivity index (χ4v) is 3.23. The first-order valence-electron chi connectivity index (χ1n) is 8.83. The zero-order valence-corrected chi connectivity index (χ0v) is 15.0. The van der Waals surface area contributed by atoms with E-state index < -0.39 is 0 Å². The van der Waals surface area contributed by atoms with Crippen molar-refractivity contribution in [1.82, 2.24) is 10.4 Å². The minimum Gasteiger partial charge on any atom is -0.376 e. The van der Waals surface area contributed by atoms with E-state index in [9.17, 15) is 4.79 Å². The zero-order valence-electron chi connectivity index (χ0n) is 15.0. The van der Waals surface area contributed by atoms with Crippen LogP contribution in [0, 0.1) is 6.92 Å². The van der Waals surface area contributed by atoms with Gasteiger partial charge in [-0.15, -0.1) is 0 Å². The van der Waals surface area contributed by atoms with E-state index >= 15 is 0 Å². The Balaban J connectivity index is 1.41. The third kappa shape index (κ3) is 3.53. The van der Waals surface area contributed by atoms with Crippen LogP contribution in [0.2, 0.25) is 0 Å². The van der Waals surface area contributed by atoms with Crippen LogP contribution in [0.15, 0.2) is 71.8 Å². The number of benzene rings is 3. The van der Waals surface area contributed by atoms with Gasteiger partial charge in [0.15, 0.2) is 0 Å². The minimum absolute atomic E-state index is 0.151. The van der Waals surface area contributed by atoms with Crippen molar-refractivity contribution in [2.24, 2.45) is 5.10 Å². The lowest BCUT2D eigenvalue weighted by atomic mass is 10.1. The Morgan fingerprint density at radius 1 is 1.00 bits per heavy atom. The average Bonchev–Trinajstić information content (AvgIpc) is 3.02. The maximum atomic E-state index is 12.1. The Bertz CT molecular complexity index is 1140. The summed E-state index contributed by atoms with van der Waals surface area (Å²) in [5.74, 6) is -0.198. The molecule has 0 atom stereocenters. The second-order valence-electron chi connectivity index (χ2n) is 6.38. The molecule has 0 aliphatic rings. The van der Waals surface area contributed by atoms with Gasteiger partial charge >= 0.3 is 0 Å². The summed E-state index contributed by atoms with van der Waals surface area (Å²) < 4.78 is 0. The van der Waals surface area contributed by atoms with Crippen molar-refractivity contribution < 1.29 is 4.79 Å². The van der Waals surface area contributed by atoms with Crippen molar-refractivity contribution in [3.05, 3.63) is 78.0 Å². The number of H-pyrrole nitrogens is 1. The van der Waals surface area contributed by atoms with E-state index in [1.165, 1.54) is 0 Å². The van der Waals surface area contributed by atoms with E-state index in [-0.39, 0.29) is 12.5 Å². The lowest BCUT2D eigenvalue weighted by Crippen LogP contribution is -2.25. The Morgan fingerprint density at radius 2 is 1.74 bits per heavy atom. The summed E-state index contributed by atoms with van der Waals surface area (Å²) in [6.45, 7) is 2.14. The SMILES string of the molecule is Cc1[nH]c2ccccc2c1/C=N/NC(=O)CNc1cccc2ccccc12. The number of carbonyl (C=O) groups excluding carboxylic acids is 1. The highest BCUT2D eigenvalue weighted by Crippen LogP contribution is 2.22. The molecule has 1 aromatic heterocycles. The average molecular weight is 356 g/mol. The number of aromatic nitrogens is 1. The second kappa shape index (κ2) is 7.33. The van der Waals surface area contributed by atoms with Crippen LogP contribution in [0.25, 0.3) is 21.7 Å². The number of hydrazone groups is 1. The van der Waals surface area contributed by atoms with Crippen LogP contribution in [0.5, 0.6) is 0 Å². The van der Waals surface area contributed by atoms with E-state index in [4.69, 9.17) is 0 Å². The third-order valence-electron chi connectivity index (χ3n) is 4.56. The van der Waals surface area contributed by atoms with Crippen molar-refractivity contribution >= 4 is 39.5 Å². The van der Waals surface area contributed by atoms with E-state index in [0.717, 1.165) is 38.6 Å². The molecule has 3 aromatic carbocycles. The molecular weight excluding hydrogens is 336 g/mol. The van der Waals surface area contributed by atoms with Gasteiger partial charge in [0.25, 0.3) is 5.91 Å². The van der Waals surface area contributed by atoms with Gasteiger partial charge in [0.1, 0.15) is 0 Å². The fourth-order valence-electron chi connectivity index (χ4n) is 3.23. The van der Waals surface area contributed by atoms with Crippen LogP contribution in [0.4, 0.5) is 5.69 Å². The van der Waals surface area contributed by atoms with Crippen LogP contribution in [0.3, 0.4) is 0 Å². The van der Waals surface area contributed by atoms with Gasteiger partial charge in [-0.2, -0.15) is 5.10 Å². The number of hydrogen-bond donors (Lipinski definition) is 3. The van der Waals surface area contributed by atoms with Crippen molar-refractivity contribution in [2.45, 2.75) is 6.92 Å². The van der Waals surface area contributed by atoms with Gasteiger partial charge in [0, 0.05) is 33.2 Å². The number of hydrogen-bond acceptors (Lipinski definition) is 3. The van der Waals surface area contributed by atoms with Gasteiger partial charge in [0.05, 0.1) is 12.8 Å². The molecule has 1 heterocycles. The molecule has 0 radical (unpaired) electrons. The standard InChI is InChI=1S/C22H20N4O/c1-15-19(18-10-4-5-11-21(18)25-15)13-24-26-22(27)14-23-20-12-6-8-16-7-2-3-9-17(16)20/h2-13,23,25H,14H2,1H3,(H,26,27)/b24-13+. The first kappa shape index (κ1) is 16.8. The highest BCUT2D eigenvalue weighted by Gasteiger charge is 2.06. The van der Waals surface area contributed by atoms with Gasteiger partial charge in [-0.05, 0) is 24.4 Å². The van der Waals surface area contributed by atoms with Crippen molar-refractivity contribution in [2.75, 3.05) is 11.9 Å². The first-order valence-corrected chi connectivity index (χ1v) is 8.83. The van der Waals surface area contributed by atoms with Gasteiger partial charge < -0.3 is 10.3 Å². The molecule has 5 heteroatoms. The third-order valence-corrected chi connectivity index (χ3v) is 4.56. The van der Waals surface area contributed by atoms with Crippen LogP contribution >= 0.6 is 0 Å². The molecule has 0 saturated heterocycles. The van der Waals surface area contributed by atoms with Crippen LogP contribution in [-0.2, 0) is 4.79 Å². The number of aryl methyl sites for hydroxylation is 1. The molecule has 0 unspecified atom stereocenters. The summed E-state index contributed by atoms with van der Waals surface area (Å²) in [7, 11) is 0. The monoisotopic (exact) mass is 356 g/mol. The maximum absolute atomic E-state index is 12.1. The molecule has 4 aromatic rings. The van der Waals surface area contributed by atoms with Gasteiger partial charge in [-0.3, -0.25) is 4.79 Å². The predicted molar refractivity (Wildman–Crippen MR) is 111 cm³/mol. The number of carbonyl (C=O) groups is 1. The Labute approximate surface area is 157 Å². The highest BCUT2D eigenvalue weighted by atomic mass is 16.2. The molecule has 0 spiro atoms. The van der Waals surface area contributed by atoms with E-state index in [1.807, 2.05) is 61.5 Å². The van der Waals surface area contributed by atoms with Crippen molar-refractivity contribution in [1.29, 1.82) is 0 Å². The summed E-state index contributed by atoms with van der Waals surface area (Å²) in [6, 6.07) is 22.1. The Kier molecular flexibility index (Phi) is 4.58. The first-order chi connectivity index (χ1) is 13.2. The summed E-state index contributed by atoms with van der Waals surface area (Å²) in [5.41, 5.74) is 6.57. The highest BCUT2D eigenvalue weighted by molar-refractivity contribution is 6.01. The summed E-state index contributed by atoms with van der Waals surface area (Å²) in [6.07, 6.45) is 1.68. The molecule has 3 N–H and O–H groups in total. The molecule has 0 saturated carbocycles. The topological polar surface area (TPSA) is 69.3 Å². The number of para-hydroxylation sites is 1. The number of anilines is 1. The quantitative estimate of drug-likeness (QED) is 0.371. The molecule has 0 aliphatic heterocycles. The largest absolute Gasteiger partial charge is 0.376 e. The Morgan fingerprint density at radius 3 is 2.63 bits per heavy atom. The molecule has 0 bridgehead atoms. The number of nitrogens with one attached hydrogen (secondary N) is 3. The number of rotatable bonds is 5. The number of amides is 1. The molecule has 1 amide bonds. The van der Waals surface area contributed by atoms with Crippen molar-refractivity contribution in [3.63, 3.8) is 0 Å². The predicted octanol–water partition coefficient (Wildman–Crippen LogP) is 4.19. The lowest BCUT2D eigenvalue weighted by molar-refractivity contribution is -0.119. The number of fused-ring (bicyclic) bond motifs is 2. The van der Waals surface area contributed by atoms with Crippen molar-refractivity contribution in [3.8, 4) is 0 Å². The smallest absolute Gasteiger partial charge is 0.259 e. The molecule has 27 heavy (non-hydrogen) atoms. The molecule has 5 nitrogen and oxygen atoms in total. The van der Waals surface area contributed by atoms with Gasteiger partial charge in [0.2, 0.25) is 0 Å². The molecule has 4 rings (SSSR count). The lowest BCUT2D eigenvalue weighted by Gasteiger charge is -2.08. The zero-order chi connectivity index (χ0) is 18.6. The summed E-state index contributed by atoms with van der Waals surface area (Å²) >= 11 is 0. The second-order valence-corrected chi connectivity index (χ2v) is 6.38. The number of nitrogens with zero attached hydrogens (tertiary/aromatic N) is 1.